The highest BCUT2D eigenvalue weighted by atomic mass is 19.1. The van der Waals surface area contributed by atoms with Crippen molar-refractivity contribution in [3.63, 3.8) is 0 Å². The lowest BCUT2D eigenvalue weighted by Crippen LogP contribution is -2.51. The Morgan fingerprint density at radius 2 is 2.23 bits per heavy atom. The molecule has 2 saturated heterocycles. The van der Waals surface area contributed by atoms with E-state index in [1.165, 1.54) is 0 Å². The normalized spacial score (nSPS) is 25.1. The first-order chi connectivity index (χ1) is 10.7. The van der Waals surface area contributed by atoms with Crippen molar-refractivity contribution in [1.29, 1.82) is 0 Å². The summed E-state index contributed by atoms with van der Waals surface area (Å²) in [5.74, 6) is -0.188. The van der Waals surface area contributed by atoms with Gasteiger partial charge < -0.3 is 14.4 Å². The third-order valence-electron chi connectivity index (χ3n) is 3.90. The number of carbonyl (C=O) groups excluding carboxylic acids is 1. The third kappa shape index (κ3) is 3.17. The van der Waals surface area contributed by atoms with E-state index in [-0.39, 0.29) is 24.7 Å². The monoisotopic (exact) mass is 310 g/mol. The lowest BCUT2D eigenvalue weighted by atomic mass is 10.1. The standard InChI is InChI=1S/C14H19FN4O3/c1-2-21-13(20)9-18-7-11-12(8-18)22-4-3-19(11)14-16-5-10(15)6-17-14/h5-6,11-12H,2-4,7-9H2,1H3/t11-,12+/m1/s1. The highest BCUT2D eigenvalue weighted by Gasteiger charge is 2.41. The molecule has 3 heterocycles. The average molecular weight is 310 g/mol. The Morgan fingerprint density at radius 3 is 2.95 bits per heavy atom. The summed E-state index contributed by atoms with van der Waals surface area (Å²) in [4.78, 5) is 23.7. The number of hydrogen-bond acceptors (Lipinski definition) is 7. The molecule has 2 aliphatic rings. The molecule has 2 aliphatic heterocycles. The number of morpholine rings is 1. The summed E-state index contributed by atoms with van der Waals surface area (Å²) in [7, 11) is 0. The molecular formula is C14H19FN4O3. The number of hydrogen-bond donors (Lipinski definition) is 0. The molecule has 2 fully saturated rings. The van der Waals surface area contributed by atoms with Gasteiger partial charge in [-0.2, -0.15) is 0 Å². The zero-order chi connectivity index (χ0) is 15.5. The van der Waals surface area contributed by atoms with E-state index in [0.29, 0.717) is 38.8 Å². The van der Waals surface area contributed by atoms with Crippen molar-refractivity contribution < 1.29 is 18.7 Å². The van der Waals surface area contributed by atoms with Crippen molar-refractivity contribution in [1.82, 2.24) is 14.9 Å². The van der Waals surface area contributed by atoms with Crippen LogP contribution in [0.15, 0.2) is 12.4 Å². The predicted molar refractivity (Wildman–Crippen MR) is 75.9 cm³/mol. The van der Waals surface area contributed by atoms with Gasteiger partial charge in [0, 0.05) is 19.6 Å². The molecule has 7 nitrogen and oxygen atoms in total. The molecule has 120 valence electrons. The molecule has 22 heavy (non-hydrogen) atoms. The number of aromatic nitrogens is 2. The molecule has 8 heteroatoms. The van der Waals surface area contributed by atoms with E-state index in [4.69, 9.17) is 9.47 Å². The zero-order valence-electron chi connectivity index (χ0n) is 12.4. The van der Waals surface area contributed by atoms with E-state index >= 15 is 0 Å². The molecular weight excluding hydrogens is 291 g/mol. The lowest BCUT2D eigenvalue weighted by Gasteiger charge is -2.36. The maximum Gasteiger partial charge on any atom is 0.320 e. The molecule has 3 rings (SSSR count). The molecule has 2 atom stereocenters. The van der Waals surface area contributed by atoms with Crippen LogP contribution in [0.1, 0.15) is 6.92 Å². The SMILES string of the molecule is CCOC(=O)CN1C[C@@H]2OCCN(c3ncc(F)cn3)[C@@H]2C1. The second-order valence-electron chi connectivity index (χ2n) is 5.37. The van der Waals surface area contributed by atoms with Gasteiger partial charge in [-0.15, -0.1) is 0 Å². The molecule has 0 unspecified atom stereocenters. The van der Waals surface area contributed by atoms with Crippen LogP contribution < -0.4 is 4.90 Å². The van der Waals surface area contributed by atoms with Crippen molar-refractivity contribution in [3.8, 4) is 0 Å². The first kappa shape index (κ1) is 15.1. The minimum atomic E-state index is -0.455. The number of rotatable bonds is 4. The highest BCUT2D eigenvalue weighted by Crippen LogP contribution is 2.25. The second-order valence-corrected chi connectivity index (χ2v) is 5.37. The van der Waals surface area contributed by atoms with Gasteiger partial charge in [0.25, 0.3) is 0 Å². The molecule has 0 aliphatic carbocycles. The van der Waals surface area contributed by atoms with E-state index in [2.05, 4.69) is 9.97 Å². The Balaban J connectivity index is 1.68. The predicted octanol–water partition coefficient (Wildman–Crippen LogP) is 0.0682. The van der Waals surface area contributed by atoms with Crippen LogP contribution in [0.3, 0.4) is 0 Å². The summed E-state index contributed by atoms with van der Waals surface area (Å²) in [6, 6.07) is 0.0636. The number of carbonyl (C=O) groups is 1. The average Bonchev–Trinajstić information content (AvgIpc) is 2.90. The molecule has 0 amide bonds. The minimum Gasteiger partial charge on any atom is -0.465 e. The van der Waals surface area contributed by atoms with Crippen molar-refractivity contribution in [2.24, 2.45) is 0 Å². The van der Waals surface area contributed by atoms with Crippen LogP contribution in [0, 0.1) is 5.82 Å². The first-order valence-corrected chi connectivity index (χ1v) is 7.41. The number of anilines is 1. The molecule has 0 N–H and O–H groups in total. The van der Waals surface area contributed by atoms with Crippen LogP contribution in [0.4, 0.5) is 10.3 Å². The van der Waals surface area contributed by atoms with Crippen LogP contribution in [0.25, 0.3) is 0 Å². The Bertz CT molecular complexity index is 527. The Morgan fingerprint density at radius 1 is 1.45 bits per heavy atom. The maximum absolute atomic E-state index is 13.0. The van der Waals surface area contributed by atoms with Gasteiger partial charge in [-0.25, -0.2) is 14.4 Å². The Hall–Kier alpha value is -1.80. The van der Waals surface area contributed by atoms with Crippen LogP contribution in [-0.4, -0.2) is 72.4 Å². The van der Waals surface area contributed by atoms with Gasteiger partial charge in [0.05, 0.1) is 44.3 Å². The van der Waals surface area contributed by atoms with Crippen molar-refractivity contribution >= 4 is 11.9 Å². The fraction of sp³-hybridized carbons (Fsp3) is 0.643. The number of likely N-dealkylation sites (tertiary alicyclic amines) is 1. The van der Waals surface area contributed by atoms with E-state index in [1.54, 1.807) is 6.92 Å². The molecule has 0 radical (unpaired) electrons. The number of ether oxygens (including phenoxy) is 2. The third-order valence-corrected chi connectivity index (χ3v) is 3.90. The number of fused-ring (bicyclic) bond motifs is 1. The van der Waals surface area contributed by atoms with Gasteiger partial charge in [0.15, 0.2) is 5.82 Å². The number of halogens is 1. The van der Waals surface area contributed by atoms with Crippen molar-refractivity contribution in [2.75, 3.05) is 44.3 Å². The maximum atomic E-state index is 13.0. The van der Waals surface area contributed by atoms with Crippen LogP contribution >= 0.6 is 0 Å². The number of esters is 1. The van der Waals surface area contributed by atoms with Gasteiger partial charge in [0.1, 0.15) is 0 Å². The molecule has 0 saturated carbocycles. The Kier molecular flexibility index (Phi) is 4.49. The van der Waals surface area contributed by atoms with Crippen LogP contribution in [0.5, 0.6) is 0 Å². The molecule has 1 aromatic rings. The fourth-order valence-electron chi connectivity index (χ4n) is 2.98. The van der Waals surface area contributed by atoms with Gasteiger partial charge >= 0.3 is 5.97 Å². The molecule has 1 aromatic heterocycles. The van der Waals surface area contributed by atoms with Crippen molar-refractivity contribution in [2.45, 2.75) is 19.1 Å². The van der Waals surface area contributed by atoms with Crippen molar-refractivity contribution in [3.05, 3.63) is 18.2 Å². The van der Waals surface area contributed by atoms with Crippen LogP contribution in [0.2, 0.25) is 0 Å². The largest absolute Gasteiger partial charge is 0.465 e. The molecule has 0 spiro atoms. The van der Waals surface area contributed by atoms with Gasteiger partial charge in [-0.1, -0.05) is 0 Å². The summed E-state index contributed by atoms with van der Waals surface area (Å²) in [6.45, 7) is 4.98. The summed E-state index contributed by atoms with van der Waals surface area (Å²) in [6.07, 6.45) is 2.33. The number of nitrogens with zero attached hydrogens (tertiary/aromatic N) is 4. The summed E-state index contributed by atoms with van der Waals surface area (Å²) >= 11 is 0. The first-order valence-electron chi connectivity index (χ1n) is 7.41. The van der Waals surface area contributed by atoms with E-state index < -0.39 is 5.82 Å². The zero-order valence-corrected chi connectivity index (χ0v) is 12.4. The van der Waals surface area contributed by atoms with E-state index in [9.17, 15) is 9.18 Å². The molecule has 0 aromatic carbocycles. The minimum absolute atomic E-state index is 0.00294. The summed E-state index contributed by atoms with van der Waals surface area (Å²) in [5, 5.41) is 0. The smallest absolute Gasteiger partial charge is 0.320 e. The second kappa shape index (κ2) is 6.53. The van der Waals surface area contributed by atoms with Gasteiger partial charge in [-0.05, 0) is 6.92 Å². The summed E-state index contributed by atoms with van der Waals surface area (Å²) < 4.78 is 23.7. The van der Waals surface area contributed by atoms with E-state index in [1.807, 2.05) is 9.80 Å². The van der Waals surface area contributed by atoms with E-state index in [0.717, 1.165) is 12.4 Å². The quantitative estimate of drug-likeness (QED) is 0.729. The highest BCUT2D eigenvalue weighted by molar-refractivity contribution is 5.71. The summed E-state index contributed by atoms with van der Waals surface area (Å²) in [5.41, 5.74) is 0. The molecule has 0 bridgehead atoms. The fourth-order valence-corrected chi connectivity index (χ4v) is 2.98. The topological polar surface area (TPSA) is 67.8 Å². The Labute approximate surface area is 128 Å². The van der Waals surface area contributed by atoms with Gasteiger partial charge in [-0.3, -0.25) is 9.69 Å². The van der Waals surface area contributed by atoms with Crippen LogP contribution in [-0.2, 0) is 14.3 Å². The lowest BCUT2D eigenvalue weighted by molar-refractivity contribution is -0.144. The van der Waals surface area contributed by atoms with Gasteiger partial charge in [0.2, 0.25) is 5.95 Å².